The number of nitroso groups, excluding NO2 is 1. The molecule has 64 valence electrons. The van der Waals surface area contributed by atoms with Gasteiger partial charge < -0.3 is 0 Å². The van der Waals surface area contributed by atoms with Crippen molar-refractivity contribution >= 4 is 11.8 Å². The van der Waals surface area contributed by atoms with Crippen LogP contribution in [0.4, 0.5) is 0 Å². The normalized spacial score (nSPS) is 25.3. The van der Waals surface area contributed by atoms with Crippen molar-refractivity contribution in [3.63, 3.8) is 0 Å². The molecule has 5 heteroatoms. The Bertz CT molecular complexity index is 320. The van der Waals surface area contributed by atoms with Gasteiger partial charge in [0.05, 0.1) is 4.75 Å². The van der Waals surface area contributed by atoms with Gasteiger partial charge in [0, 0.05) is 12.4 Å². The molecule has 1 aliphatic heterocycles. The first kappa shape index (κ1) is 7.79. The van der Waals surface area contributed by atoms with E-state index < -0.39 is 0 Å². The van der Waals surface area contributed by atoms with E-state index in [1.165, 1.54) is 0 Å². The molecule has 1 aliphatic rings. The molecule has 1 unspecified atom stereocenters. The van der Waals surface area contributed by atoms with Gasteiger partial charge in [-0.15, -0.1) is 4.91 Å². The van der Waals surface area contributed by atoms with E-state index in [4.69, 9.17) is 0 Å². The summed E-state index contributed by atoms with van der Waals surface area (Å²) >= 11 is 1.59. The topological polar surface area (TPSA) is 47.2 Å². The number of imidazole rings is 1. The van der Waals surface area contributed by atoms with E-state index in [1.807, 2.05) is 18.4 Å². The Morgan fingerprint density at radius 1 is 1.75 bits per heavy atom. The van der Waals surface area contributed by atoms with Crippen LogP contribution in [0.15, 0.2) is 22.7 Å². The number of nitrogens with zero attached hydrogens (tertiary/aromatic N) is 3. The average Bonchev–Trinajstić information content (AvgIpc) is 2.43. The van der Waals surface area contributed by atoms with Crippen LogP contribution in [0.2, 0.25) is 0 Å². The summed E-state index contributed by atoms with van der Waals surface area (Å²) in [5.41, 5.74) is 0. The van der Waals surface area contributed by atoms with Gasteiger partial charge in [0.25, 0.3) is 0 Å². The number of fused-ring (bicyclic) bond motifs is 1. The molecule has 4 nitrogen and oxygen atoms in total. The van der Waals surface area contributed by atoms with Crippen LogP contribution in [0.5, 0.6) is 0 Å². The lowest BCUT2D eigenvalue weighted by Crippen LogP contribution is -2.21. The summed E-state index contributed by atoms with van der Waals surface area (Å²) in [7, 11) is 0. The first-order valence-corrected chi connectivity index (χ1v) is 4.51. The monoisotopic (exact) mass is 183 g/mol. The first-order chi connectivity index (χ1) is 5.65. The number of rotatable bonds is 1. The van der Waals surface area contributed by atoms with Gasteiger partial charge in [-0.25, -0.2) is 4.98 Å². The molecule has 0 amide bonds. The summed E-state index contributed by atoms with van der Waals surface area (Å²) in [6, 6.07) is 0. The molecule has 1 atom stereocenters. The van der Waals surface area contributed by atoms with Gasteiger partial charge >= 0.3 is 0 Å². The summed E-state index contributed by atoms with van der Waals surface area (Å²) in [6.07, 6.45) is 3.17. The second kappa shape index (κ2) is 2.32. The Morgan fingerprint density at radius 2 is 2.50 bits per heavy atom. The minimum atomic E-state index is -0.319. The van der Waals surface area contributed by atoms with E-state index in [9.17, 15) is 4.91 Å². The summed E-state index contributed by atoms with van der Waals surface area (Å²) in [5, 5.41) is 3.99. The van der Waals surface area contributed by atoms with Gasteiger partial charge in [0.15, 0.2) is 11.3 Å². The Balaban J connectivity index is 2.48. The maximum absolute atomic E-state index is 10.6. The van der Waals surface area contributed by atoms with Gasteiger partial charge in [0.1, 0.15) is 0 Å². The molecule has 0 N–H and O–H groups in total. The van der Waals surface area contributed by atoms with Crippen LogP contribution >= 0.6 is 11.8 Å². The van der Waals surface area contributed by atoms with E-state index in [0.29, 0.717) is 0 Å². The van der Waals surface area contributed by atoms with E-state index in [0.717, 1.165) is 5.16 Å². The number of thioether (sulfide) groups is 1. The van der Waals surface area contributed by atoms with Crippen molar-refractivity contribution in [2.24, 2.45) is 5.18 Å². The highest BCUT2D eigenvalue weighted by Gasteiger charge is 2.41. The Kier molecular flexibility index (Phi) is 1.51. The molecular weight excluding hydrogens is 174 g/mol. The standard InChI is InChI=1S/C7H9N3OS/c1-7(2)5(9-11)10-4-3-8-6(10)12-7/h3-5H,1-2H3. The largest absolute Gasteiger partial charge is 0.299 e. The molecule has 0 radical (unpaired) electrons. The second-order valence-electron chi connectivity index (χ2n) is 3.30. The smallest absolute Gasteiger partial charge is 0.183 e. The van der Waals surface area contributed by atoms with Gasteiger partial charge in [-0.05, 0) is 19.0 Å². The highest BCUT2D eigenvalue weighted by Crippen LogP contribution is 2.47. The van der Waals surface area contributed by atoms with E-state index >= 15 is 0 Å². The maximum atomic E-state index is 10.6. The fraction of sp³-hybridized carbons (Fsp3) is 0.571. The Morgan fingerprint density at radius 3 is 3.17 bits per heavy atom. The van der Waals surface area contributed by atoms with Crippen LogP contribution in [0.25, 0.3) is 0 Å². The number of hydrogen-bond donors (Lipinski definition) is 0. The van der Waals surface area contributed by atoms with Crippen molar-refractivity contribution < 1.29 is 0 Å². The van der Waals surface area contributed by atoms with Crippen LogP contribution in [0.3, 0.4) is 0 Å². The quantitative estimate of drug-likeness (QED) is 0.626. The average molecular weight is 183 g/mol. The van der Waals surface area contributed by atoms with Crippen molar-refractivity contribution in [3.05, 3.63) is 17.3 Å². The minimum absolute atomic E-state index is 0.161. The van der Waals surface area contributed by atoms with E-state index in [1.54, 1.807) is 24.2 Å². The van der Waals surface area contributed by atoms with Gasteiger partial charge in [-0.1, -0.05) is 11.8 Å². The van der Waals surface area contributed by atoms with Crippen LogP contribution in [-0.2, 0) is 0 Å². The molecule has 0 aliphatic carbocycles. The summed E-state index contributed by atoms with van der Waals surface area (Å²) in [5.74, 6) is 0. The summed E-state index contributed by atoms with van der Waals surface area (Å²) in [4.78, 5) is 14.7. The van der Waals surface area contributed by atoms with Gasteiger partial charge in [-0.3, -0.25) is 4.57 Å². The van der Waals surface area contributed by atoms with Crippen LogP contribution in [0.1, 0.15) is 20.0 Å². The lowest BCUT2D eigenvalue weighted by atomic mass is 10.1. The third-order valence-electron chi connectivity index (χ3n) is 1.97. The molecular formula is C7H9N3OS. The lowest BCUT2D eigenvalue weighted by Gasteiger charge is -2.19. The minimum Gasteiger partial charge on any atom is -0.299 e. The molecule has 0 saturated heterocycles. The van der Waals surface area contributed by atoms with Crippen molar-refractivity contribution in [1.82, 2.24) is 9.55 Å². The molecule has 0 bridgehead atoms. The highest BCUT2D eigenvalue weighted by molar-refractivity contribution is 8.00. The van der Waals surface area contributed by atoms with Gasteiger partial charge in [-0.2, -0.15) is 0 Å². The lowest BCUT2D eigenvalue weighted by molar-refractivity contribution is 0.427. The molecule has 0 spiro atoms. The second-order valence-corrected chi connectivity index (χ2v) is 4.92. The summed E-state index contributed by atoms with van der Waals surface area (Å²) in [6.45, 7) is 4.00. The third kappa shape index (κ3) is 0.891. The Labute approximate surface area is 74.3 Å². The van der Waals surface area contributed by atoms with Crippen molar-refractivity contribution in [1.29, 1.82) is 0 Å². The molecule has 0 aromatic carbocycles. The molecule has 2 heterocycles. The molecule has 1 aromatic heterocycles. The molecule has 2 rings (SSSR count). The molecule has 1 aromatic rings. The third-order valence-corrected chi connectivity index (χ3v) is 3.21. The fourth-order valence-corrected chi connectivity index (χ4v) is 2.48. The Hall–Kier alpha value is -0.840. The zero-order valence-electron chi connectivity index (χ0n) is 6.89. The van der Waals surface area contributed by atoms with Crippen LogP contribution < -0.4 is 0 Å². The SMILES string of the molecule is CC1(C)Sc2nccn2C1N=O. The molecule has 12 heavy (non-hydrogen) atoms. The van der Waals surface area contributed by atoms with Gasteiger partial charge in [0.2, 0.25) is 0 Å². The first-order valence-electron chi connectivity index (χ1n) is 3.69. The predicted molar refractivity (Wildman–Crippen MR) is 47.0 cm³/mol. The zero-order chi connectivity index (χ0) is 8.77. The number of aromatic nitrogens is 2. The fourth-order valence-electron chi connectivity index (χ4n) is 1.37. The van der Waals surface area contributed by atoms with E-state index in [-0.39, 0.29) is 10.9 Å². The highest BCUT2D eigenvalue weighted by atomic mass is 32.2. The summed E-state index contributed by atoms with van der Waals surface area (Å²) < 4.78 is 1.66. The molecule has 0 fully saturated rings. The predicted octanol–water partition coefficient (Wildman–Crippen LogP) is 2.03. The molecule has 0 saturated carbocycles. The van der Waals surface area contributed by atoms with Crippen molar-refractivity contribution in [2.45, 2.75) is 29.9 Å². The van der Waals surface area contributed by atoms with E-state index in [2.05, 4.69) is 10.2 Å². The van der Waals surface area contributed by atoms with Crippen molar-refractivity contribution in [3.8, 4) is 0 Å². The maximum Gasteiger partial charge on any atom is 0.183 e. The van der Waals surface area contributed by atoms with Crippen LogP contribution in [-0.4, -0.2) is 14.3 Å². The zero-order valence-corrected chi connectivity index (χ0v) is 7.71. The number of hydrogen-bond acceptors (Lipinski definition) is 4. The van der Waals surface area contributed by atoms with Crippen LogP contribution in [0, 0.1) is 4.91 Å². The van der Waals surface area contributed by atoms with Crippen molar-refractivity contribution in [2.75, 3.05) is 0 Å².